The standard InChI is InChI=1S/C9H12N4O4S/c14-13(15)9-2-1-8(6-11-9)18(16,17)12-7-3-4-10-5-7/h1-2,6-7,10,12H,3-5H2/t7-/m0/s1. The highest BCUT2D eigenvalue weighted by atomic mass is 32.2. The highest BCUT2D eigenvalue weighted by molar-refractivity contribution is 7.89. The van der Waals surface area contributed by atoms with Crippen LogP contribution in [0.2, 0.25) is 0 Å². The van der Waals surface area contributed by atoms with Crippen LogP contribution in [0.1, 0.15) is 6.42 Å². The molecule has 2 heterocycles. The van der Waals surface area contributed by atoms with Gasteiger partial charge in [-0.2, -0.15) is 0 Å². The van der Waals surface area contributed by atoms with E-state index in [1.807, 2.05) is 0 Å². The molecule has 0 aliphatic carbocycles. The van der Waals surface area contributed by atoms with Crippen LogP contribution in [-0.2, 0) is 10.0 Å². The number of nitrogens with one attached hydrogen (secondary N) is 2. The zero-order chi connectivity index (χ0) is 13.2. The van der Waals surface area contributed by atoms with Crippen LogP contribution in [0, 0.1) is 10.1 Å². The smallest absolute Gasteiger partial charge is 0.358 e. The molecule has 98 valence electrons. The first kappa shape index (κ1) is 12.9. The molecule has 1 saturated heterocycles. The predicted molar refractivity (Wildman–Crippen MR) is 62.5 cm³/mol. The summed E-state index contributed by atoms with van der Waals surface area (Å²) in [4.78, 5) is 13.2. The average Bonchev–Trinajstić information content (AvgIpc) is 2.81. The van der Waals surface area contributed by atoms with Crippen LogP contribution in [0.15, 0.2) is 23.2 Å². The molecule has 0 amide bonds. The number of sulfonamides is 1. The van der Waals surface area contributed by atoms with Crippen LogP contribution < -0.4 is 10.0 Å². The van der Waals surface area contributed by atoms with E-state index < -0.39 is 14.9 Å². The van der Waals surface area contributed by atoms with Crippen molar-refractivity contribution in [3.63, 3.8) is 0 Å². The first-order valence-electron chi connectivity index (χ1n) is 5.32. The number of hydrogen-bond acceptors (Lipinski definition) is 6. The van der Waals surface area contributed by atoms with E-state index in [4.69, 9.17) is 0 Å². The zero-order valence-electron chi connectivity index (χ0n) is 9.37. The van der Waals surface area contributed by atoms with Crippen molar-refractivity contribution in [2.75, 3.05) is 13.1 Å². The summed E-state index contributed by atoms with van der Waals surface area (Å²) in [5.74, 6) is -0.378. The molecule has 1 aliphatic rings. The first-order valence-corrected chi connectivity index (χ1v) is 6.81. The van der Waals surface area contributed by atoms with Gasteiger partial charge in [-0.1, -0.05) is 0 Å². The Morgan fingerprint density at radius 1 is 1.50 bits per heavy atom. The number of hydrogen-bond donors (Lipinski definition) is 2. The van der Waals surface area contributed by atoms with Crippen LogP contribution >= 0.6 is 0 Å². The molecule has 1 aromatic rings. The number of nitrogens with zero attached hydrogens (tertiary/aromatic N) is 2. The fourth-order valence-corrected chi connectivity index (χ4v) is 2.90. The summed E-state index contributed by atoms with van der Waals surface area (Å²) < 4.78 is 26.4. The van der Waals surface area contributed by atoms with E-state index in [1.165, 1.54) is 6.07 Å². The predicted octanol–water partition coefficient (Wildman–Crippen LogP) is -0.370. The fourth-order valence-electron chi connectivity index (χ4n) is 1.68. The maximum absolute atomic E-state index is 11.9. The van der Waals surface area contributed by atoms with Gasteiger partial charge in [-0.25, -0.2) is 13.1 Å². The van der Waals surface area contributed by atoms with Crippen molar-refractivity contribution in [2.45, 2.75) is 17.4 Å². The summed E-state index contributed by atoms with van der Waals surface area (Å²) in [5, 5.41) is 13.4. The molecule has 1 aliphatic heterocycles. The fraction of sp³-hybridized carbons (Fsp3) is 0.444. The van der Waals surface area contributed by atoms with E-state index in [1.54, 1.807) is 0 Å². The van der Waals surface area contributed by atoms with Crippen molar-refractivity contribution in [3.05, 3.63) is 28.4 Å². The molecule has 0 radical (unpaired) electrons. The molecule has 1 aromatic heterocycles. The molecule has 0 unspecified atom stereocenters. The van der Waals surface area contributed by atoms with Crippen molar-refractivity contribution in [1.82, 2.24) is 15.0 Å². The van der Waals surface area contributed by atoms with E-state index in [-0.39, 0.29) is 16.8 Å². The first-order chi connectivity index (χ1) is 8.49. The van der Waals surface area contributed by atoms with Gasteiger partial charge in [0.15, 0.2) is 6.20 Å². The highest BCUT2D eigenvalue weighted by Crippen LogP contribution is 2.13. The normalized spacial score (nSPS) is 19.9. The van der Waals surface area contributed by atoms with Crippen LogP contribution in [0.3, 0.4) is 0 Å². The Balaban J connectivity index is 2.16. The third kappa shape index (κ3) is 2.81. The van der Waals surface area contributed by atoms with Crippen molar-refractivity contribution in [2.24, 2.45) is 0 Å². The third-order valence-electron chi connectivity index (χ3n) is 2.60. The minimum absolute atomic E-state index is 0.0694. The van der Waals surface area contributed by atoms with Crippen LogP contribution in [0.25, 0.3) is 0 Å². The quantitative estimate of drug-likeness (QED) is 0.571. The van der Waals surface area contributed by atoms with Crippen LogP contribution in [0.5, 0.6) is 0 Å². The second-order valence-electron chi connectivity index (χ2n) is 3.92. The molecule has 2 rings (SSSR count). The zero-order valence-corrected chi connectivity index (χ0v) is 10.2. The summed E-state index contributed by atoms with van der Waals surface area (Å²) in [6.07, 6.45) is 1.71. The van der Waals surface area contributed by atoms with Crippen LogP contribution in [-0.4, -0.2) is 37.5 Å². The van der Waals surface area contributed by atoms with E-state index in [2.05, 4.69) is 15.0 Å². The second-order valence-corrected chi connectivity index (χ2v) is 5.63. The Labute approximate surface area is 104 Å². The van der Waals surface area contributed by atoms with E-state index >= 15 is 0 Å². The van der Waals surface area contributed by atoms with Gasteiger partial charge < -0.3 is 15.4 Å². The van der Waals surface area contributed by atoms with Gasteiger partial charge in [0.05, 0.1) is 0 Å². The highest BCUT2D eigenvalue weighted by Gasteiger charge is 2.24. The second kappa shape index (κ2) is 4.96. The largest absolute Gasteiger partial charge is 0.363 e. The number of rotatable bonds is 4. The van der Waals surface area contributed by atoms with Gasteiger partial charge in [0.1, 0.15) is 4.90 Å². The molecule has 2 N–H and O–H groups in total. The molecule has 0 spiro atoms. The topological polar surface area (TPSA) is 114 Å². The summed E-state index contributed by atoms with van der Waals surface area (Å²) in [6.45, 7) is 1.35. The lowest BCUT2D eigenvalue weighted by Gasteiger charge is -2.10. The maximum atomic E-state index is 11.9. The molecule has 8 nitrogen and oxygen atoms in total. The van der Waals surface area contributed by atoms with Crippen molar-refractivity contribution >= 4 is 15.8 Å². The van der Waals surface area contributed by atoms with Gasteiger partial charge in [0.25, 0.3) is 0 Å². The summed E-state index contributed by atoms with van der Waals surface area (Å²) in [5.41, 5.74) is 0. The molecule has 1 fully saturated rings. The molecule has 0 bridgehead atoms. The molecular formula is C9H12N4O4S. The Kier molecular flexibility index (Phi) is 3.55. The van der Waals surface area contributed by atoms with Gasteiger partial charge in [0.2, 0.25) is 10.0 Å². The van der Waals surface area contributed by atoms with Gasteiger partial charge >= 0.3 is 5.82 Å². The van der Waals surface area contributed by atoms with Crippen LogP contribution in [0.4, 0.5) is 5.82 Å². The monoisotopic (exact) mass is 272 g/mol. The lowest BCUT2D eigenvalue weighted by Crippen LogP contribution is -2.36. The van der Waals surface area contributed by atoms with Crippen molar-refractivity contribution in [1.29, 1.82) is 0 Å². The number of nitro groups is 1. The third-order valence-corrected chi connectivity index (χ3v) is 4.11. The van der Waals surface area contributed by atoms with E-state index in [9.17, 15) is 18.5 Å². The molecule has 0 saturated carbocycles. The molecule has 9 heteroatoms. The number of aromatic nitrogens is 1. The van der Waals surface area contributed by atoms with Gasteiger partial charge in [-0.05, 0) is 28.9 Å². The summed E-state index contributed by atoms with van der Waals surface area (Å²) in [7, 11) is -3.66. The average molecular weight is 272 g/mol. The molecular weight excluding hydrogens is 260 g/mol. The minimum atomic E-state index is -3.66. The Morgan fingerprint density at radius 2 is 2.28 bits per heavy atom. The van der Waals surface area contributed by atoms with Crippen molar-refractivity contribution < 1.29 is 13.3 Å². The van der Waals surface area contributed by atoms with Crippen molar-refractivity contribution in [3.8, 4) is 0 Å². The Hall–Kier alpha value is -1.58. The summed E-state index contributed by atoms with van der Waals surface area (Å²) >= 11 is 0. The minimum Gasteiger partial charge on any atom is -0.358 e. The SMILES string of the molecule is O=[N+]([O-])c1ccc(S(=O)(=O)N[C@H]2CCNC2)cn1. The maximum Gasteiger partial charge on any atom is 0.363 e. The number of pyridine rings is 1. The van der Waals surface area contributed by atoms with Gasteiger partial charge in [-0.15, -0.1) is 0 Å². The Morgan fingerprint density at radius 3 is 2.78 bits per heavy atom. The van der Waals surface area contributed by atoms with Gasteiger partial charge in [-0.3, -0.25) is 0 Å². The Bertz CT molecular complexity index is 536. The molecule has 0 aromatic carbocycles. The molecule has 18 heavy (non-hydrogen) atoms. The van der Waals surface area contributed by atoms with Gasteiger partial charge in [0, 0.05) is 18.7 Å². The molecule has 1 atom stereocenters. The van der Waals surface area contributed by atoms with E-state index in [0.717, 1.165) is 25.2 Å². The lowest BCUT2D eigenvalue weighted by atomic mass is 10.3. The van der Waals surface area contributed by atoms with E-state index in [0.29, 0.717) is 6.54 Å². The lowest BCUT2D eigenvalue weighted by molar-refractivity contribution is -0.389. The summed E-state index contributed by atoms with van der Waals surface area (Å²) in [6, 6.07) is 2.10.